The third kappa shape index (κ3) is 6.74. The van der Waals surface area contributed by atoms with Gasteiger partial charge in [0.05, 0.1) is 16.2 Å². The van der Waals surface area contributed by atoms with Gasteiger partial charge in [0.2, 0.25) is 0 Å². The molecular weight excluding hydrogens is 456 g/mol. The molecule has 9 nitrogen and oxygen atoms in total. The highest BCUT2D eigenvalue weighted by Crippen LogP contribution is 2.21. The Kier molecular flexibility index (Phi) is 8.12. The lowest BCUT2D eigenvalue weighted by Gasteiger charge is -2.12. The second kappa shape index (κ2) is 11.2. The Morgan fingerprint density at radius 2 is 1.76 bits per heavy atom. The standard InChI is InChI=1S/C24H26N4O5S/c1-17-7-12-22(13-23(17)24(29)30)34(31,32)28-19-8-10-21(11-9-19)33-16-20(27-25)15-26-14-18-5-3-2-4-6-18/h2-13,15,26-28H,14,16,25H2,1H3,(H,29,30)/b20-15-. The van der Waals surface area contributed by atoms with Crippen LogP contribution in [0.15, 0.2) is 89.6 Å². The highest BCUT2D eigenvalue weighted by atomic mass is 32.2. The molecule has 0 unspecified atom stereocenters. The number of aromatic carboxylic acids is 1. The fourth-order valence-electron chi connectivity index (χ4n) is 3.01. The van der Waals surface area contributed by atoms with Gasteiger partial charge in [-0.25, -0.2) is 13.2 Å². The Hall–Kier alpha value is -4.02. The van der Waals surface area contributed by atoms with E-state index in [0.29, 0.717) is 29.2 Å². The number of carboxylic acid groups (broad SMARTS) is 1. The molecule has 0 aromatic heterocycles. The maximum Gasteiger partial charge on any atom is 0.335 e. The lowest BCUT2D eigenvalue weighted by molar-refractivity contribution is 0.0696. The quantitative estimate of drug-likeness (QED) is 0.207. The predicted molar refractivity (Wildman–Crippen MR) is 130 cm³/mol. The predicted octanol–water partition coefficient (Wildman–Crippen LogP) is 2.97. The number of rotatable bonds is 11. The van der Waals surface area contributed by atoms with Gasteiger partial charge in [-0.2, -0.15) is 0 Å². The molecule has 178 valence electrons. The van der Waals surface area contributed by atoms with Crippen LogP contribution in [0.5, 0.6) is 5.75 Å². The van der Waals surface area contributed by atoms with Crippen molar-refractivity contribution in [1.29, 1.82) is 0 Å². The molecule has 3 aromatic carbocycles. The molecule has 0 heterocycles. The first kappa shape index (κ1) is 24.6. The van der Waals surface area contributed by atoms with Crippen LogP contribution in [0.2, 0.25) is 0 Å². The average molecular weight is 483 g/mol. The molecule has 0 saturated heterocycles. The minimum Gasteiger partial charge on any atom is -0.487 e. The van der Waals surface area contributed by atoms with E-state index in [1.807, 2.05) is 30.3 Å². The molecule has 0 amide bonds. The smallest absolute Gasteiger partial charge is 0.335 e. The van der Waals surface area contributed by atoms with E-state index in [1.165, 1.54) is 12.1 Å². The molecule has 0 aliphatic heterocycles. The van der Waals surface area contributed by atoms with Gasteiger partial charge in [-0.05, 0) is 54.4 Å². The number of anilines is 1. The van der Waals surface area contributed by atoms with Gasteiger partial charge in [0, 0.05) is 18.4 Å². The Bertz CT molecular complexity index is 1260. The topological polar surface area (TPSA) is 143 Å². The van der Waals surface area contributed by atoms with Gasteiger partial charge in [0.25, 0.3) is 10.0 Å². The minimum absolute atomic E-state index is 0.0674. The lowest BCUT2D eigenvalue weighted by atomic mass is 10.1. The number of hydrazine groups is 1. The summed E-state index contributed by atoms with van der Waals surface area (Å²) in [6.07, 6.45) is 1.72. The van der Waals surface area contributed by atoms with E-state index < -0.39 is 16.0 Å². The Morgan fingerprint density at radius 3 is 2.41 bits per heavy atom. The van der Waals surface area contributed by atoms with E-state index in [4.69, 9.17) is 10.6 Å². The number of hydrogen-bond acceptors (Lipinski definition) is 7. The summed E-state index contributed by atoms with van der Waals surface area (Å²) in [5.41, 5.74) is 5.04. The van der Waals surface area contributed by atoms with Crippen LogP contribution in [0, 0.1) is 6.92 Å². The van der Waals surface area contributed by atoms with E-state index in [2.05, 4.69) is 15.5 Å². The van der Waals surface area contributed by atoms with Crippen LogP contribution >= 0.6 is 0 Å². The van der Waals surface area contributed by atoms with Crippen LogP contribution in [-0.2, 0) is 16.6 Å². The number of aryl methyl sites for hydroxylation is 1. The molecule has 6 N–H and O–H groups in total. The van der Waals surface area contributed by atoms with E-state index in [-0.39, 0.29) is 17.1 Å². The zero-order valence-corrected chi connectivity index (χ0v) is 19.3. The van der Waals surface area contributed by atoms with Gasteiger partial charge in [0.1, 0.15) is 12.4 Å². The van der Waals surface area contributed by atoms with E-state index in [9.17, 15) is 18.3 Å². The maximum atomic E-state index is 12.7. The molecule has 3 rings (SSSR count). The fourth-order valence-corrected chi connectivity index (χ4v) is 4.09. The largest absolute Gasteiger partial charge is 0.487 e. The van der Waals surface area contributed by atoms with Crippen LogP contribution in [0.25, 0.3) is 0 Å². The number of benzene rings is 3. The van der Waals surface area contributed by atoms with Crippen molar-refractivity contribution in [3.63, 3.8) is 0 Å². The molecular formula is C24H26N4O5S. The lowest BCUT2D eigenvalue weighted by Crippen LogP contribution is -2.27. The average Bonchev–Trinajstić information content (AvgIpc) is 2.82. The van der Waals surface area contributed by atoms with Gasteiger partial charge in [-0.1, -0.05) is 36.4 Å². The third-order valence-corrected chi connectivity index (χ3v) is 6.24. The van der Waals surface area contributed by atoms with E-state index in [1.54, 1.807) is 37.4 Å². The summed E-state index contributed by atoms with van der Waals surface area (Å²) in [7, 11) is -3.96. The van der Waals surface area contributed by atoms with Gasteiger partial charge >= 0.3 is 5.97 Å². The normalized spacial score (nSPS) is 11.5. The van der Waals surface area contributed by atoms with Crippen molar-refractivity contribution in [2.45, 2.75) is 18.4 Å². The van der Waals surface area contributed by atoms with E-state index >= 15 is 0 Å². The number of nitrogens with two attached hydrogens (primary N) is 1. The summed E-state index contributed by atoms with van der Waals surface area (Å²) >= 11 is 0. The number of carboxylic acids is 1. The van der Waals surface area contributed by atoms with Crippen LogP contribution in [0.1, 0.15) is 21.5 Å². The monoisotopic (exact) mass is 482 g/mol. The zero-order valence-electron chi connectivity index (χ0n) is 18.5. The molecule has 0 saturated carbocycles. The van der Waals surface area contributed by atoms with Crippen LogP contribution in [0.3, 0.4) is 0 Å². The Morgan fingerprint density at radius 1 is 1.06 bits per heavy atom. The minimum atomic E-state index is -3.96. The molecule has 0 fully saturated rings. The fraction of sp³-hybridized carbons (Fsp3) is 0.125. The van der Waals surface area contributed by atoms with Crippen molar-refractivity contribution in [1.82, 2.24) is 10.7 Å². The van der Waals surface area contributed by atoms with E-state index in [0.717, 1.165) is 11.6 Å². The number of nitrogens with one attached hydrogen (secondary N) is 3. The summed E-state index contributed by atoms with van der Waals surface area (Å²) in [6.45, 7) is 2.41. The third-order valence-electron chi connectivity index (χ3n) is 4.86. The van der Waals surface area contributed by atoms with Crippen LogP contribution in [0.4, 0.5) is 5.69 Å². The molecule has 0 atom stereocenters. The summed E-state index contributed by atoms with van der Waals surface area (Å²) < 4.78 is 33.4. The van der Waals surface area contributed by atoms with Gasteiger partial charge in [0.15, 0.2) is 0 Å². The van der Waals surface area contributed by atoms with Crippen molar-refractivity contribution in [3.05, 3.63) is 101 Å². The zero-order chi connectivity index (χ0) is 24.6. The second-order valence-corrected chi connectivity index (χ2v) is 9.06. The molecule has 0 aliphatic rings. The van der Waals surface area contributed by atoms with Crippen molar-refractivity contribution >= 4 is 21.7 Å². The van der Waals surface area contributed by atoms with Crippen molar-refractivity contribution in [3.8, 4) is 5.75 Å². The first-order valence-electron chi connectivity index (χ1n) is 10.3. The molecule has 10 heteroatoms. The van der Waals surface area contributed by atoms with Crippen molar-refractivity contribution in [2.24, 2.45) is 5.84 Å². The molecule has 34 heavy (non-hydrogen) atoms. The summed E-state index contributed by atoms with van der Waals surface area (Å²) in [4.78, 5) is 11.2. The van der Waals surface area contributed by atoms with Gasteiger partial charge in [-0.15, -0.1) is 0 Å². The summed E-state index contributed by atoms with van der Waals surface area (Å²) in [6, 6.07) is 20.2. The van der Waals surface area contributed by atoms with Crippen LogP contribution in [-0.4, -0.2) is 26.1 Å². The number of ether oxygens (including phenoxy) is 1. The number of sulfonamides is 1. The first-order chi connectivity index (χ1) is 16.3. The SMILES string of the molecule is Cc1ccc(S(=O)(=O)Nc2ccc(OC/C(=C/NCc3ccccc3)NN)cc2)cc1C(=O)O. The van der Waals surface area contributed by atoms with Gasteiger partial charge < -0.3 is 20.6 Å². The number of carbonyl (C=O) groups is 1. The molecule has 0 spiro atoms. The number of hydrogen-bond donors (Lipinski definition) is 5. The first-order valence-corrected chi connectivity index (χ1v) is 11.8. The summed E-state index contributed by atoms with van der Waals surface area (Å²) in [5, 5.41) is 12.4. The second-order valence-electron chi connectivity index (χ2n) is 7.38. The molecule has 0 aliphatic carbocycles. The van der Waals surface area contributed by atoms with Crippen molar-refractivity contribution in [2.75, 3.05) is 11.3 Å². The summed E-state index contributed by atoms with van der Waals surface area (Å²) in [5.74, 6) is 4.87. The van der Waals surface area contributed by atoms with Crippen LogP contribution < -0.4 is 26.0 Å². The Labute approximate surface area is 198 Å². The highest BCUT2D eigenvalue weighted by Gasteiger charge is 2.18. The van der Waals surface area contributed by atoms with Gasteiger partial charge in [-0.3, -0.25) is 10.6 Å². The molecule has 0 bridgehead atoms. The van der Waals surface area contributed by atoms with Crippen molar-refractivity contribution < 1.29 is 23.1 Å². The Balaban J connectivity index is 1.58. The molecule has 0 radical (unpaired) electrons. The highest BCUT2D eigenvalue weighted by molar-refractivity contribution is 7.92. The molecule has 3 aromatic rings. The maximum absolute atomic E-state index is 12.7.